The van der Waals surface area contributed by atoms with Gasteiger partial charge in [-0.05, 0) is 43.4 Å². The first-order valence-electron chi connectivity index (χ1n) is 10.4. The summed E-state index contributed by atoms with van der Waals surface area (Å²) in [6, 6.07) is 6.97. The molecule has 3 rings (SSSR count). The molecule has 0 bridgehead atoms. The smallest absolute Gasteiger partial charge is 0.279 e. The van der Waals surface area contributed by atoms with E-state index in [2.05, 4.69) is 0 Å². The Morgan fingerprint density at radius 2 is 1.78 bits per heavy atom. The van der Waals surface area contributed by atoms with Crippen molar-refractivity contribution in [2.24, 2.45) is 11.8 Å². The van der Waals surface area contributed by atoms with E-state index in [4.69, 9.17) is 14.7 Å². The van der Waals surface area contributed by atoms with Crippen molar-refractivity contribution in [1.29, 1.82) is 0 Å². The van der Waals surface area contributed by atoms with Crippen molar-refractivity contribution in [2.75, 3.05) is 27.3 Å². The number of hydrogen-bond donors (Lipinski definition) is 2. The van der Waals surface area contributed by atoms with E-state index in [0.29, 0.717) is 24.2 Å². The van der Waals surface area contributed by atoms with Gasteiger partial charge >= 0.3 is 0 Å². The second-order valence-corrected chi connectivity index (χ2v) is 9.86. The van der Waals surface area contributed by atoms with Crippen LogP contribution in [0.1, 0.15) is 36.5 Å². The SMILES string of the molecule is COC1=CC(C)CC(S(=O)(=O)N2CCC(C(=O)c3ccccc3OC)CC2)=C1C(=O)NO. The van der Waals surface area contributed by atoms with Crippen molar-refractivity contribution in [2.45, 2.75) is 26.2 Å². The van der Waals surface area contributed by atoms with Gasteiger partial charge in [-0.25, -0.2) is 13.9 Å². The van der Waals surface area contributed by atoms with Crippen LogP contribution in [0.15, 0.2) is 46.6 Å². The standard InChI is InChI=1S/C22H28N2O7S/c1-14-12-18(31-3)20(22(26)23-27)19(13-14)32(28,29)24-10-8-15(9-11-24)21(25)16-6-4-5-7-17(16)30-2/h4-7,12,14-15,27H,8-11,13H2,1-3H3,(H,23,26). The molecule has 1 aromatic rings. The molecule has 1 heterocycles. The van der Waals surface area contributed by atoms with Gasteiger partial charge in [-0.3, -0.25) is 14.8 Å². The van der Waals surface area contributed by atoms with Gasteiger partial charge in [-0.1, -0.05) is 19.1 Å². The Morgan fingerprint density at radius 1 is 1.12 bits per heavy atom. The lowest BCUT2D eigenvalue weighted by atomic mass is 9.89. The van der Waals surface area contributed by atoms with Gasteiger partial charge in [0.15, 0.2) is 5.78 Å². The van der Waals surface area contributed by atoms with Gasteiger partial charge in [-0.2, -0.15) is 4.31 Å². The molecule has 1 saturated heterocycles. The normalized spacial score (nSPS) is 20.5. The van der Waals surface area contributed by atoms with Crippen LogP contribution in [-0.4, -0.2) is 56.9 Å². The van der Waals surface area contributed by atoms with Gasteiger partial charge in [0, 0.05) is 19.0 Å². The van der Waals surface area contributed by atoms with Crippen molar-refractivity contribution >= 4 is 21.7 Å². The first-order valence-corrected chi connectivity index (χ1v) is 11.8. The van der Waals surface area contributed by atoms with Gasteiger partial charge < -0.3 is 9.47 Å². The van der Waals surface area contributed by atoms with Gasteiger partial charge in [0.25, 0.3) is 5.91 Å². The molecule has 1 atom stereocenters. The fourth-order valence-corrected chi connectivity index (χ4v) is 6.14. The minimum atomic E-state index is -4.01. The van der Waals surface area contributed by atoms with Crippen LogP contribution in [0.25, 0.3) is 0 Å². The molecule has 2 aliphatic rings. The zero-order valence-electron chi connectivity index (χ0n) is 18.3. The van der Waals surface area contributed by atoms with Crippen molar-refractivity contribution in [3.05, 3.63) is 52.1 Å². The highest BCUT2D eigenvalue weighted by molar-refractivity contribution is 7.93. The fraction of sp³-hybridized carbons (Fsp3) is 0.455. The molecule has 1 aliphatic carbocycles. The lowest BCUT2D eigenvalue weighted by Gasteiger charge is -2.33. The molecular formula is C22H28N2O7S. The molecule has 0 spiro atoms. The number of ether oxygens (including phenoxy) is 2. The highest BCUT2D eigenvalue weighted by Crippen LogP contribution is 2.36. The van der Waals surface area contributed by atoms with E-state index in [9.17, 15) is 18.0 Å². The summed E-state index contributed by atoms with van der Waals surface area (Å²) < 4.78 is 38.7. The molecule has 1 aliphatic heterocycles. The Balaban J connectivity index is 1.83. The van der Waals surface area contributed by atoms with Crippen molar-refractivity contribution in [3.8, 4) is 5.75 Å². The summed E-state index contributed by atoms with van der Waals surface area (Å²) in [5.74, 6) is -0.913. The number of nitrogens with zero attached hydrogens (tertiary/aromatic N) is 1. The van der Waals surface area contributed by atoms with Crippen LogP contribution in [0.4, 0.5) is 0 Å². The molecule has 0 aromatic heterocycles. The second kappa shape index (κ2) is 9.85. The van der Waals surface area contributed by atoms with Crippen molar-refractivity contribution in [1.82, 2.24) is 9.79 Å². The molecule has 1 fully saturated rings. The first kappa shape index (κ1) is 24.0. The van der Waals surface area contributed by atoms with Crippen LogP contribution in [0.2, 0.25) is 0 Å². The molecule has 0 saturated carbocycles. The topological polar surface area (TPSA) is 122 Å². The summed E-state index contributed by atoms with van der Waals surface area (Å²) in [7, 11) is -1.16. The van der Waals surface area contributed by atoms with Crippen LogP contribution in [0, 0.1) is 11.8 Å². The molecule has 1 aromatic carbocycles. The number of benzene rings is 1. The Kier molecular flexibility index (Phi) is 7.37. The number of hydroxylamine groups is 1. The molecule has 2 N–H and O–H groups in total. The second-order valence-electron chi connectivity index (χ2n) is 7.90. The Hall–Kier alpha value is -2.69. The van der Waals surface area contributed by atoms with E-state index in [-0.39, 0.29) is 53.4 Å². The minimum absolute atomic E-state index is 0.0741. The third kappa shape index (κ3) is 4.57. The third-order valence-corrected chi connectivity index (χ3v) is 7.90. The summed E-state index contributed by atoms with van der Waals surface area (Å²) in [4.78, 5) is 25.2. The molecule has 1 unspecified atom stereocenters. The number of allylic oxidation sites excluding steroid dienone is 2. The number of carbonyl (C=O) groups is 2. The van der Waals surface area contributed by atoms with Crippen LogP contribution < -0.4 is 10.2 Å². The van der Waals surface area contributed by atoms with Gasteiger partial charge in [0.1, 0.15) is 11.5 Å². The number of nitrogens with one attached hydrogen (secondary N) is 1. The Bertz CT molecular complexity index is 1050. The summed E-state index contributed by atoms with van der Waals surface area (Å²) in [5.41, 5.74) is 1.80. The van der Waals surface area contributed by atoms with Crippen molar-refractivity contribution < 1.29 is 32.7 Å². The summed E-state index contributed by atoms with van der Waals surface area (Å²) in [5, 5.41) is 9.13. The number of amides is 1. The first-order chi connectivity index (χ1) is 15.2. The van der Waals surface area contributed by atoms with E-state index in [0.717, 1.165) is 0 Å². The lowest BCUT2D eigenvalue weighted by molar-refractivity contribution is -0.125. The maximum absolute atomic E-state index is 13.4. The molecular weight excluding hydrogens is 436 g/mol. The lowest BCUT2D eigenvalue weighted by Crippen LogP contribution is -2.42. The number of rotatable bonds is 7. The molecule has 0 radical (unpaired) electrons. The van der Waals surface area contributed by atoms with Crippen LogP contribution >= 0.6 is 0 Å². The Labute approximate surface area is 187 Å². The van der Waals surface area contributed by atoms with E-state index in [1.165, 1.54) is 24.0 Å². The van der Waals surface area contributed by atoms with E-state index in [1.54, 1.807) is 30.3 Å². The number of carbonyl (C=O) groups excluding carboxylic acids is 2. The number of ketones is 1. The van der Waals surface area contributed by atoms with Crippen LogP contribution in [-0.2, 0) is 19.6 Å². The average Bonchev–Trinajstić information content (AvgIpc) is 2.82. The van der Waals surface area contributed by atoms with E-state index < -0.39 is 15.9 Å². The van der Waals surface area contributed by atoms with Crippen LogP contribution in [0.5, 0.6) is 5.75 Å². The predicted octanol–water partition coefficient (Wildman–Crippen LogP) is 2.25. The van der Waals surface area contributed by atoms with Gasteiger partial charge in [0.2, 0.25) is 10.0 Å². The van der Waals surface area contributed by atoms with Gasteiger partial charge in [0.05, 0.1) is 30.3 Å². The highest BCUT2D eigenvalue weighted by atomic mass is 32.2. The third-order valence-electron chi connectivity index (χ3n) is 5.87. The number of piperidine rings is 1. The monoisotopic (exact) mass is 464 g/mol. The number of Topliss-reactive ketones (excluding diaryl/α,β-unsaturated/α-hetero) is 1. The maximum Gasteiger partial charge on any atom is 0.279 e. The zero-order valence-corrected chi connectivity index (χ0v) is 19.1. The quantitative estimate of drug-likeness (QED) is 0.360. The maximum atomic E-state index is 13.4. The summed E-state index contributed by atoms with van der Waals surface area (Å²) >= 11 is 0. The fourth-order valence-electron chi connectivity index (χ4n) is 4.21. The predicted molar refractivity (Wildman–Crippen MR) is 116 cm³/mol. The largest absolute Gasteiger partial charge is 0.496 e. The molecule has 9 nitrogen and oxygen atoms in total. The molecule has 174 valence electrons. The van der Waals surface area contributed by atoms with Gasteiger partial charge in [-0.15, -0.1) is 0 Å². The minimum Gasteiger partial charge on any atom is -0.496 e. The summed E-state index contributed by atoms with van der Waals surface area (Å²) in [6.07, 6.45) is 2.47. The van der Waals surface area contributed by atoms with E-state index in [1.807, 2.05) is 6.92 Å². The summed E-state index contributed by atoms with van der Waals surface area (Å²) in [6.45, 7) is 2.11. The highest BCUT2D eigenvalue weighted by Gasteiger charge is 2.39. The Morgan fingerprint density at radius 3 is 2.38 bits per heavy atom. The number of methoxy groups -OCH3 is 2. The molecule has 32 heavy (non-hydrogen) atoms. The zero-order chi connectivity index (χ0) is 23.5. The van der Waals surface area contributed by atoms with Crippen molar-refractivity contribution in [3.63, 3.8) is 0 Å². The number of para-hydroxylation sites is 1. The molecule has 1 amide bonds. The van der Waals surface area contributed by atoms with Crippen LogP contribution in [0.3, 0.4) is 0 Å². The number of sulfonamides is 1. The van der Waals surface area contributed by atoms with E-state index >= 15 is 0 Å². The average molecular weight is 465 g/mol. The number of hydrogen-bond acceptors (Lipinski definition) is 7. The molecule has 10 heteroatoms.